The Morgan fingerprint density at radius 1 is 1.29 bits per heavy atom. The maximum atomic E-state index is 5.51. The Labute approximate surface area is 130 Å². The second-order valence-electron chi connectivity index (χ2n) is 6.00. The molecular formula is C15H21N5S. The van der Waals surface area contributed by atoms with E-state index in [1.807, 2.05) is 13.0 Å². The number of hydrogen-bond acceptors (Lipinski definition) is 4. The Hall–Kier alpha value is -1.56. The largest absolute Gasteiger partial charge is 0.347 e. The zero-order chi connectivity index (χ0) is 14.7. The predicted molar refractivity (Wildman–Crippen MR) is 87.0 cm³/mol. The average molecular weight is 303 g/mol. The summed E-state index contributed by atoms with van der Waals surface area (Å²) in [5.41, 5.74) is 4.67. The van der Waals surface area contributed by atoms with E-state index in [9.17, 15) is 0 Å². The third kappa shape index (κ3) is 3.56. The van der Waals surface area contributed by atoms with Gasteiger partial charge < -0.3 is 4.90 Å². The highest BCUT2D eigenvalue weighted by atomic mass is 32.1. The molecule has 6 heteroatoms. The zero-order valence-corrected chi connectivity index (χ0v) is 13.1. The van der Waals surface area contributed by atoms with Crippen molar-refractivity contribution in [2.75, 3.05) is 13.1 Å². The van der Waals surface area contributed by atoms with Crippen LogP contribution in [0.2, 0.25) is 0 Å². The summed E-state index contributed by atoms with van der Waals surface area (Å²) in [4.78, 5) is 10.4. The lowest BCUT2D eigenvalue weighted by Gasteiger charge is -2.24. The van der Waals surface area contributed by atoms with Gasteiger partial charge in [0.2, 0.25) is 0 Å². The maximum absolute atomic E-state index is 5.51. The van der Waals surface area contributed by atoms with Gasteiger partial charge in [0.05, 0.1) is 11.4 Å². The summed E-state index contributed by atoms with van der Waals surface area (Å²) in [5, 5.41) is 5.10. The molecule has 3 fully saturated rings. The molecule has 3 heterocycles. The van der Waals surface area contributed by atoms with E-state index in [0.29, 0.717) is 0 Å². The minimum Gasteiger partial charge on any atom is -0.347 e. The molecule has 2 aliphatic heterocycles. The minimum atomic E-state index is 0.738. The van der Waals surface area contributed by atoms with Crippen LogP contribution in [0.3, 0.4) is 0 Å². The van der Waals surface area contributed by atoms with Crippen LogP contribution >= 0.6 is 12.2 Å². The fraction of sp³-hybridized carbons (Fsp3) is 0.600. The Morgan fingerprint density at radius 3 is 2.52 bits per heavy atom. The van der Waals surface area contributed by atoms with Gasteiger partial charge in [-0.2, -0.15) is 5.10 Å². The number of hydrogen-bond donors (Lipinski definition) is 1. The van der Waals surface area contributed by atoms with Crippen LogP contribution in [0.15, 0.2) is 23.7 Å². The van der Waals surface area contributed by atoms with Crippen molar-refractivity contribution in [2.24, 2.45) is 16.9 Å². The Balaban J connectivity index is 1.61. The number of aromatic nitrogens is 2. The first-order valence-electron chi connectivity index (χ1n) is 7.58. The molecule has 0 unspecified atom stereocenters. The van der Waals surface area contributed by atoms with Crippen LogP contribution in [0.1, 0.15) is 38.3 Å². The van der Waals surface area contributed by atoms with Crippen molar-refractivity contribution in [3.8, 4) is 0 Å². The van der Waals surface area contributed by atoms with Gasteiger partial charge in [-0.15, -0.1) is 0 Å². The summed E-state index contributed by atoms with van der Waals surface area (Å²) < 4.78 is 0. The first-order chi connectivity index (χ1) is 10.2. The molecule has 1 aliphatic carbocycles. The standard InChI is InChI=1S/C15H21N5S/c1-11(14-6-7-16-10-17-14)18-19-15(21)20-8-12-2-3-13(9-20)5-4-12/h6-7,10,12-13H,2-5,8-9H2,1H3,(H,19,21)/b18-11+. The first-order valence-corrected chi connectivity index (χ1v) is 7.99. The van der Waals surface area contributed by atoms with Gasteiger partial charge in [0.1, 0.15) is 6.33 Å². The molecule has 0 aromatic carbocycles. The summed E-state index contributed by atoms with van der Waals surface area (Å²) in [5.74, 6) is 1.60. The van der Waals surface area contributed by atoms with E-state index in [1.165, 1.54) is 32.0 Å². The quantitative estimate of drug-likeness (QED) is 0.516. The van der Waals surface area contributed by atoms with E-state index >= 15 is 0 Å². The fourth-order valence-corrected chi connectivity index (χ4v) is 3.42. The van der Waals surface area contributed by atoms with Gasteiger partial charge in [-0.3, -0.25) is 5.43 Å². The van der Waals surface area contributed by atoms with Crippen LogP contribution in [-0.2, 0) is 0 Å². The fourth-order valence-electron chi connectivity index (χ4n) is 3.22. The summed E-state index contributed by atoms with van der Waals surface area (Å²) in [6, 6.07) is 1.84. The number of fused-ring (bicyclic) bond motifs is 4. The van der Waals surface area contributed by atoms with Crippen LogP contribution in [0.4, 0.5) is 0 Å². The lowest BCUT2D eigenvalue weighted by Crippen LogP contribution is -2.40. The van der Waals surface area contributed by atoms with Gasteiger partial charge >= 0.3 is 0 Å². The maximum Gasteiger partial charge on any atom is 0.189 e. The van der Waals surface area contributed by atoms with E-state index in [-0.39, 0.29) is 0 Å². The van der Waals surface area contributed by atoms with Crippen molar-refractivity contribution in [1.82, 2.24) is 20.3 Å². The molecular weight excluding hydrogens is 282 g/mol. The zero-order valence-electron chi connectivity index (χ0n) is 12.3. The molecule has 3 aliphatic rings. The summed E-state index contributed by atoms with van der Waals surface area (Å²) >= 11 is 5.51. The van der Waals surface area contributed by atoms with E-state index in [2.05, 4.69) is 25.4 Å². The Bertz CT molecular complexity index is 508. The molecule has 1 aromatic rings. The van der Waals surface area contributed by atoms with E-state index < -0.39 is 0 Å². The molecule has 2 bridgehead atoms. The minimum absolute atomic E-state index is 0.738. The highest BCUT2D eigenvalue weighted by molar-refractivity contribution is 7.80. The van der Waals surface area contributed by atoms with Crippen LogP contribution in [0.5, 0.6) is 0 Å². The van der Waals surface area contributed by atoms with Gasteiger partial charge in [-0.05, 0) is 62.7 Å². The second-order valence-corrected chi connectivity index (χ2v) is 6.39. The van der Waals surface area contributed by atoms with Gasteiger partial charge in [0, 0.05) is 19.3 Å². The first kappa shape index (κ1) is 14.4. The number of nitrogens with one attached hydrogen (secondary N) is 1. The number of nitrogens with zero attached hydrogens (tertiary/aromatic N) is 4. The van der Waals surface area contributed by atoms with Crippen LogP contribution in [0, 0.1) is 11.8 Å². The second kappa shape index (κ2) is 6.47. The highest BCUT2D eigenvalue weighted by Gasteiger charge is 2.30. The lowest BCUT2D eigenvalue weighted by atomic mass is 9.84. The molecule has 0 atom stereocenters. The Morgan fingerprint density at radius 2 is 1.95 bits per heavy atom. The van der Waals surface area contributed by atoms with Crippen molar-refractivity contribution >= 4 is 23.0 Å². The molecule has 21 heavy (non-hydrogen) atoms. The molecule has 0 radical (unpaired) electrons. The molecule has 1 aromatic heterocycles. The van der Waals surface area contributed by atoms with E-state index in [0.717, 1.165) is 41.4 Å². The van der Waals surface area contributed by atoms with E-state index in [1.54, 1.807) is 6.20 Å². The van der Waals surface area contributed by atoms with Gasteiger partial charge in [-0.25, -0.2) is 9.97 Å². The molecule has 5 nitrogen and oxygen atoms in total. The van der Waals surface area contributed by atoms with Crippen molar-refractivity contribution in [3.63, 3.8) is 0 Å². The average Bonchev–Trinajstić information content (AvgIpc) is 2.87. The summed E-state index contributed by atoms with van der Waals surface area (Å²) in [6.45, 7) is 4.07. The lowest BCUT2D eigenvalue weighted by molar-refractivity contribution is 0.326. The molecule has 2 saturated heterocycles. The number of rotatable bonds is 2. The van der Waals surface area contributed by atoms with Crippen molar-refractivity contribution in [3.05, 3.63) is 24.3 Å². The number of hydrazone groups is 1. The van der Waals surface area contributed by atoms with Crippen LogP contribution in [0.25, 0.3) is 0 Å². The normalized spacial score (nSPS) is 25.6. The molecule has 4 rings (SSSR count). The van der Waals surface area contributed by atoms with Crippen LogP contribution < -0.4 is 5.43 Å². The molecule has 1 N–H and O–H groups in total. The molecule has 112 valence electrons. The third-order valence-corrected chi connectivity index (χ3v) is 4.83. The third-order valence-electron chi connectivity index (χ3n) is 4.48. The Kier molecular flexibility index (Phi) is 4.43. The van der Waals surface area contributed by atoms with Crippen molar-refractivity contribution in [2.45, 2.75) is 32.6 Å². The smallest absolute Gasteiger partial charge is 0.189 e. The monoisotopic (exact) mass is 303 g/mol. The van der Waals surface area contributed by atoms with Crippen molar-refractivity contribution < 1.29 is 0 Å². The molecule has 0 amide bonds. The van der Waals surface area contributed by atoms with Crippen LogP contribution in [-0.4, -0.2) is 38.8 Å². The van der Waals surface area contributed by atoms with Gasteiger partial charge in [0.25, 0.3) is 0 Å². The van der Waals surface area contributed by atoms with Gasteiger partial charge in [-0.1, -0.05) is 0 Å². The topological polar surface area (TPSA) is 53.4 Å². The molecule has 0 spiro atoms. The van der Waals surface area contributed by atoms with E-state index in [4.69, 9.17) is 12.2 Å². The van der Waals surface area contributed by atoms with Crippen molar-refractivity contribution in [1.29, 1.82) is 0 Å². The summed E-state index contributed by atoms with van der Waals surface area (Å²) in [7, 11) is 0. The summed E-state index contributed by atoms with van der Waals surface area (Å²) in [6.07, 6.45) is 8.66. The number of thiocarbonyl (C=S) groups is 1. The highest BCUT2D eigenvalue weighted by Crippen LogP contribution is 2.33. The predicted octanol–water partition coefficient (Wildman–Crippen LogP) is 2.20. The SMILES string of the molecule is C/C(=N\NC(=S)N1CC2CCC(CC2)C1)c1ccncn1. The molecule has 1 saturated carbocycles. The van der Waals surface area contributed by atoms with Gasteiger partial charge in [0.15, 0.2) is 5.11 Å².